The highest BCUT2D eigenvalue weighted by molar-refractivity contribution is 4.71. The standard InChI is InChI=1S/C14H32N2O2/c1-6-16(7-2)11-13(18)10-15-9-12(17)8-14(3,4)5/h12-13,15,17-18H,6-11H2,1-5H3. The predicted octanol–water partition coefficient (Wildman–Crippen LogP) is 1.08. The lowest BCUT2D eigenvalue weighted by Crippen LogP contribution is -2.40. The summed E-state index contributed by atoms with van der Waals surface area (Å²) in [6.07, 6.45) is 0.0592. The van der Waals surface area contributed by atoms with Crippen molar-refractivity contribution in [2.75, 3.05) is 32.7 Å². The molecule has 2 unspecified atom stereocenters. The Morgan fingerprint density at radius 2 is 1.50 bits per heavy atom. The number of aliphatic hydroxyl groups excluding tert-OH is 2. The number of nitrogens with zero attached hydrogens (tertiary/aromatic N) is 1. The minimum atomic E-state index is -0.369. The summed E-state index contributed by atoms with van der Waals surface area (Å²) in [5, 5.41) is 22.8. The van der Waals surface area contributed by atoms with Crippen LogP contribution in [0.2, 0.25) is 0 Å². The average Bonchev–Trinajstić information content (AvgIpc) is 2.23. The van der Waals surface area contributed by atoms with Gasteiger partial charge in [-0.2, -0.15) is 0 Å². The molecule has 110 valence electrons. The summed E-state index contributed by atoms with van der Waals surface area (Å²) in [7, 11) is 0. The first-order valence-electron chi connectivity index (χ1n) is 7.07. The predicted molar refractivity (Wildman–Crippen MR) is 76.7 cm³/mol. The number of nitrogens with one attached hydrogen (secondary N) is 1. The van der Waals surface area contributed by atoms with E-state index in [4.69, 9.17) is 0 Å². The van der Waals surface area contributed by atoms with Crippen LogP contribution in [-0.4, -0.2) is 60.0 Å². The van der Waals surface area contributed by atoms with Gasteiger partial charge in [0.15, 0.2) is 0 Å². The van der Waals surface area contributed by atoms with Gasteiger partial charge in [0.05, 0.1) is 12.2 Å². The van der Waals surface area contributed by atoms with Gasteiger partial charge in [-0.15, -0.1) is 0 Å². The van der Waals surface area contributed by atoms with Crippen LogP contribution in [0, 0.1) is 5.41 Å². The third-order valence-corrected chi connectivity index (χ3v) is 2.97. The zero-order chi connectivity index (χ0) is 14.2. The van der Waals surface area contributed by atoms with Crippen molar-refractivity contribution >= 4 is 0 Å². The molecular formula is C14H32N2O2. The van der Waals surface area contributed by atoms with Gasteiger partial charge in [0.2, 0.25) is 0 Å². The second-order valence-electron chi connectivity index (χ2n) is 6.22. The van der Waals surface area contributed by atoms with E-state index >= 15 is 0 Å². The van der Waals surface area contributed by atoms with Crippen molar-refractivity contribution in [3.63, 3.8) is 0 Å². The van der Waals surface area contributed by atoms with E-state index in [-0.39, 0.29) is 17.6 Å². The largest absolute Gasteiger partial charge is 0.392 e. The first kappa shape index (κ1) is 17.8. The first-order chi connectivity index (χ1) is 8.28. The summed E-state index contributed by atoms with van der Waals surface area (Å²) >= 11 is 0. The summed E-state index contributed by atoms with van der Waals surface area (Å²) in [6.45, 7) is 14.2. The van der Waals surface area contributed by atoms with Gasteiger partial charge in [-0.3, -0.25) is 0 Å². The van der Waals surface area contributed by atoms with E-state index in [0.29, 0.717) is 19.6 Å². The maximum atomic E-state index is 9.84. The highest BCUT2D eigenvalue weighted by atomic mass is 16.3. The maximum Gasteiger partial charge on any atom is 0.0791 e. The smallest absolute Gasteiger partial charge is 0.0791 e. The molecular weight excluding hydrogens is 228 g/mol. The monoisotopic (exact) mass is 260 g/mol. The molecule has 0 fully saturated rings. The molecule has 0 aliphatic heterocycles. The zero-order valence-electron chi connectivity index (χ0n) is 12.7. The van der Waals surface area contributed by atoms with E-state index in [0.717, 1.165) is 19.5 Å². The van der Waals surface area contributed by atoms with Gasteiger partial charge in [0.1, 0.15) is 0 Å². The molecule has 0 saturated heterocycles. The van der Waals surface area contributed by atoms with E-state index in [9.17, 15) is 10.2 Å². The second kappa shape index (κ2) is 8.86. The van der Waals surface area contributed by atoms with E-state index in [1.807, 2.05) is 0 Å². The summed E-state index contributed by atoms with van der Waals surface area (Å²) in [6, 6.07) is 0. The molecule has 0 aliphatic rings. The van der Waals surface area contributed by atoms with Crippen LogP contribution in [0.15, 0.2) is 0 Å². The van der Waals surface area contributed by atoms with Crippen molar-refractivity contribution in [2.24, 2.45) is 5.41 Å². The van der Waals surface area contributed by atoms with Crippen LogP contribution in [0.1, 0.15) is 41.0 Å². The van der Waals surface area contributed by atoms with Gasteiger partial charge in [0.25, 0.3) is 0 Å². The van der Waals surface area contributed by atoms with Crippen LogP contribution in [0.5, 0.6) is 0 Å². The quantitative estimate of drug-likeness (QED) is 0.580. The molecule has 0 heterocycles. The Balaban J connectivity index is 3.70. The number of likely N-dealkylation sites (N-methyl/N-ethyl adjacent to an activating group) is 1. The van der Waals surface area contributed by atoms with E-state index < -0.39 is 0 Å². The van der Waals surface area contributed by atoms with Crippen LogP contribution in [0.3, 0.4) is 0 Å². The van der Waals surface area contributed by atoms with Gasteiger partial charge in [-0.1, -0.05) is 34.6 Å². The van der Waals surface area contributed by atoms with Gasteiger partial charge in [0, 0.05) is 19.6 Å². The summed E-state index contributed by atoms with van der Waals surface area (Å²) < 4.78 is 0. The van der Waals surface area contributed by atoms with Crippen molar-refractivity contribution in [3.05, 3.63) is 0 Å². The van der Waals surface area contributed by atoms with Crippen LogP contribution >= 0.6 is 0 Å². The molecule has 0 saturated carbocycles. The molecule has 0 aromatic heterocycles. The van der Waals surface area contributed by atoms with Gasteiger partial charge >= 0.3 is 0 Å². The molecule has 4 heteroatoms. The fourth-order valence-corrected chi connectivity index (χ4v) is 2.04. The van der Waals surface area contributed by atoms with E-state index in [1.165, 1.54) is 0 Å². The van der Waals surface area contributed by atoms with Crippen LogP contribution in [0.4, 0.5) is 0 Å². The van der Waals surface area contributed by atoms with Crippen LogP contribution < -0.4 is 5.32 Å². The van der Waals surface area contributed by atoms with Crippen molar-refractivity contribution in [3.8, 4) is 0 Å². The summed E-state index contributed by atoms with van der Waals surface area (Å²) in [5.41, 5.74) is 0.140. The Labute approximate surface area is 112 Å². The fraction of sp³-hybridized carbons (Fsp3) is 1.00. The molecule has 0 amide bonds. The highest BCUT2D eigenvalue weighted by Gasteiger charge is 2.16. The van der Waals surface area contributed by atoms with Crippen LogP contribution in [-0.2, 0) is 0 Å². The molecule has 2 atom stereocenters. The molecule has 0 bridgehead atoms. The van der Waals surface area contributed by atoms with Gasteiger partial charge in [-0.25, -0.2) is 0 Å². The Hall–Kier alpha value is -0.160. The Morgan fingerprint density at radius 3 is 1.94 bits per heavy atom. The maximum absolute atomic E-state index is 9.84. The van der Waals surface area contributed by atoms with Gasteiger partial charge < -0.3 is 20.4 Å². The molecule has 0 radical (unpaired) electrons. The van der Waals surface area contributed by atoms with Crippen LogP contribution in [0.25, 0.3) is 0 Å². The van der Waals surface area contributed by atoms with Gasteiger partial charge in [-0.05, 0) is 24.9 Å². The van der Waals surface area contributed by atoms with Crippen molar-refractivity contribution < 1.29 is 10.2 Å². The minimum Gasteiger partial charge on any atom is -0.392 e. The third kappa shape index (κ3) is 9.83. The Kier molecular flexibility index (Phi) is 8.78. The van der Waals surface area contributed by atoms with Crippen molar-refractivity contribution in [2.45, 2.75) is 53.2 Å². The SMILES string of the molecule is CCN(CC)CC(O)CNCC(O)CC(C)(C)C. The summed E-state index contributed by atoms with van der Waals surface area (Å²) in [5.74, 6) is 0. The molecule has 18 heavy (non-hydrogen) atoms. The molecule has 0 aromatic rings. The number of hydrogen-bond acceptors (Lipinski definition) is 4. The molecule has 0 spiro atoms. The van der Waals surface area contributed by atoms with E-state index in [2.05, 4.69) is 44.8 Å². The highest BCUT2D eigenvalue weighted by Crippen LogP contribution is 2.20. The molecule has 3 N–H and O–H groups in total. The molecule has 0 aliphatic carbocycles. The first-order valence-corrected chi connectivity index (χ1v) is 7.07. The third-order valence-electron chi connectivity index (χ3n) is 2.97. The fourth-order valence-electron chi connectivity index (χ4n) is 2.04. The topological polar surface area (TPSA) is 55.7 Å². The lowest BCUT2D eigenvalue weighted by atomic mass is 9.89. The van der Waals surface area contributed by atoms with Crippen molar-refractivity contribution in [1.82, 2.24) is 10.2 Å². The lowest BCUT2D eigenvalue weighted by molar-refractivity contribution is 0.0969. The molecule has 0 aromatic carbocycles. The van der Waals surface area contributed by atoms with Crippen molar-refractivity contribution in [1.29, 1.82) is 0 Å². The normalized spacial score (nSPS) is 16.0. The Bertz CT molecular complexity index is 200. The lowest BCUT2D eigenvalue weighted by Gasteiger charge is -2.24. The number of aliphatic hydroxyl groups is 2. The Morgan fingerprint density at radius 1 is 1.00 bits per heavy atom. The minimum absolute atomic E-state index is 0.140. The molecule has 4 nitrogen and oxygen atoms in total. The van der Waals surface area contributed by atoms with E-state index in [1.54, 1.807) is 0 Å². The number of hydrogen-bond donors (Lipinski definition) is 3. The average molecular weight is 260 g/mol. The summed E-state index contributed by atoms with van der Waals surface area (Å²) in [4.78, 5) is 2.19. The number of rotatable bonds is 9. The second-order valence-corrected chi connectivity index (χ2v) is 6.22. The zero-order valence-corrected chi connectivity index (χ0v) is 12.7. The molecule has 0 rings (SSSR count).